The fourth-order valence-electron chi connectivity index (χ4n) is 2.23. The van der Waals surface area contributed by atoms with Crippen LogP contribution in [-0.2, 0) is 14.3 Å². The predicted molar refractivity (Wildman–Crippen MR) is 76.6 cm³/mol. The highest BCUT2D eigenvalue weighted by Gasteiger charge is 2.22. The van der Waals surface area contributed by atoms with Gasteiger partial charge in [-0.2, -0.15) is 0 Å². The van der Waals surface area contributed by atoms with E-state index in [0.717, 1.165) is 31.3 Å². The summed E-state index contributed by atoms with van der Waals surface area (Å²) in [4.78, 5) is 11.7. The van der Waals surface area contributed by atoms with Crippen molar-refractivity contribution in [1.29, 1.82) is 0 Å². The average Bonchev–Trinajstić information content (AvgIpc) is 2.44. The van der Waals surface area contributed by atoms with Crippen LogP contribution >= 0.6 is 0 Å². The van der Waals surface area contributed by atoms with Gasteiger partial charge in [0.1, 0.15) is 0 Å². The Balaban J connectivity index is 2.20. The molecule has 0 aromatic carbocycles. The highest BCUT2D eigenvalue weighted by atomic mass is 16.7. The van der Waals surface area contributed by atoms with Crippen LogP contribution in [0.4, 0.5) is 0 Å². The Kier molecular flexibility index (Phi) is 7.91. The minimum absolute atomic E-state index is 0.0291. The monoisotopic (exact) mass is 264 g/mol. The fourth-order valence-corrected chi connectivity index (χ4v) is 2.23. The standard InChI is InChI=1S/C16H24O3/c1-3-8-14(9-4-2)12-18-13-19-16(17)15-10-6-5-7-11-15/h3-4,8-9,15H,1,5-7,10-13H2,2H3/b9-4-,14-8+. The molecule has 3 nitrogen and oxygen atoms in total. The van der Waals surface area contributed by atoms with E-state index in [0.29, 0.717) is 6.61 Å². The zero-order valence-electron chi connectivity index (χ0n) is 11.8. The van der Waals surface area contributed by atoms with E-state index in [-0.39, 0.29) is 18.7 Å². The largest absolute Gasteiger partial charge is 0.438 e. The highest BCUT2D eigenvalue weighted by Crippen LogP contribution is 2.24. The number of hydrogen-bond acceptors (Lipinski definition) is 3. The van der Waals surface area contributed by atoms with Crippen molar-refractivity contribution < 1.29 is 14.3 Å². The third-order valence-electron chi connectivity index (χ3n) is 3.20. The Labute approximate surface area is 116 Å². The Bertz CT molecular complexity index is 336. The Morgan fingerprint density at radius 3 is 2.68 bits per heavy atom. The number of rotatable bonds is 7. The molecule has 3 heteroatoms. The molecular formula is C16H24O3. The van der Waals surface area contributed by atoms with Gasteiger partial charge in [0, 0.05) is 0 Å². The van der Waals surface area contributed by atoms with Gasteiger partial charge in [-0.3, -0.25) is 4.79 Å². The minimum atomic E-state index is -0.111. The van der Waals surface area contributed by atoms with Gasteiger partial charge in [0.15, 0.2) is 6.79 Å². The maximum Gasteiger partial charge on any atom is 0.311 e. The van der Waals surface area contributed by atoms with E-state index in [1.165, 1.54) is 6.42 Å². The van der Waals surface area contributed by atoms with E-state index >= 15 is 0 Å². The number of allylic oxidation sites excluding steroid dienone is 3. The van der Waals surface area contributed by atoms with Crippen molar-refractivity contribution >= 4 is 5.97 Å². The molecule has 0 amide bonds. The molecule has 19 heavy (non-hydrogen) atoms. The average molecular weight is 264 g/mol. The van der Waals surface area contributed by atoms with Crippen LogP contribution in [0.3, 0.4) is 0 Å². The van der Waals surface area contributed by atoms with Crippen LogP contribution in [0.2, 0.25) is 0 Å². The van der Waals surface area contributed by atoms with E-state index in [4.69, 9.17) is 9.47 Å². The first kappa shape index (κ1) is 15.7. The van der Waals surface area contributed by atoms with Crippen molar-refractivity contribution in [2.45, 2.75) is 39.0 Å². The van der Waals surface area contributed by atoms with Gasteiger partial charge in [-0.1, -0.05) is 50.1 Å². The van der Waals surface area contributed by atoms with Crippen LogP contribution in [0.15, 0.2) is 36.5 Å². The maximum absolute atomic E-state index is 11.7. The summed E-state index contributed by atoms with van der Waals surface area (Å²) in [6, 6.07) is 0. The van der Waals surface area contributed by atoms with Crippen molar-refractivity contribution in [1.82, 2.24) is 0 Å². The molecule has 0 radical (unpaired) electrons. The summed E-state index contributed by atoms with van der Waals surface area (Å²) in [6.45, 7) is 6.05. The van der Waals surface area contributed by atoms with Crippen molar-refractivity contribution in [3.8, 4) is 0 Å². The van der Waals surface area contributed by atoms with E-state index in [2.05, 4.69) is 6.58 Å². The number of hydrogen-bond donors (Lipinski definition) is 0. The SMILES string of the molecule is C=C/C=C(\C=C/C)COCOC(=O)C1CCCCC1. The summed E-state index contributed by atoms with van der Waals surface area (Å²) in [6.07, 6.45) is 12.9. The summed E-state index contributed by atoms with van der Waals surface area (Å²) < 4.78 is 10.5. The molecule has 0 heterocycles. The highest BCUT2D eigenvalue weighted by molar-refractivity contribution is 5.72. The Morgan fingerprint density at radius 1 is 1.32 bits per heavy atom. The summed E-state index contributed by atoms with van der Waals surface area (Å²) >= 11 is 0. The molecule has 0 aromatic rings. The van der Waals surface area contributed by atoms with Crippen molar-refractivity contribution in [3.05, 3.63) is 36.5 Å². The first-order chi connectivity index (χ1) is 9.27. The minimum Gasteiger partial charge on any atom is -0.438 e. The van der Waals surface area contributed by atoms with Crippen LogP contribution in [0.5, 0.6) is 0 Å². The lowest BCUT2D eigenvalue weighted by Crippen LogP contribution is -2.21. The number of carbonyl (C=O) groups excluding carboxylic acids is 1. The predicted octanol–water partition coefficient (Wildman–Crippen LogP) is 3.77. The van der Waals surface area contributed by atoms with Gasteiger partial charge in [-0.15, -0.1) is 0 Å². The molecule has 106 valence electrons. The van der Waals surface area contributed by atoms with Gasteiger partial charge in [-0.25, -0.2) is 0 Å². The molecule has 1 aliphatic rings. The van der Waals surface area contributed by atoms with Gasteiger partial charge < -0.3 is 9.47 Å². The molecule has 0 bridgehead atoms. The number of esters is 1. The second-order valence-corrected chi connectivity index (χ2v) is 4.74. The summed E-state index contributed by atoms with van der Waals surface area (Å²) in [5, 5.41) is 0. The van der Waals surface area contributed by atoms with Crippen LogP contribution < -0.4 is 0 Å². The first-order valence-corrected chi connectivity index (χ1v) is 6.96. The lowest BCUT2D eigenvalue weighted by Gasteiger charge is -2.19. The molecule has 0 N–H and O–H groups in total. The van der Waals surface area contributed by atoms with Gasteiger partial charge in [0.2, 0.25) is 0 Å². The normalized spacial score (nSPS) is 17.6. The fraction of sp³-hybridized carbons (Fsp3) is 0.562. The molecule has 0 saturated heterocycles. The quantitative estimate of drug-likeness (QED) is 0.304. The maximum atomic E-state index is 11.7. The molecule has 0 aromatic heterocycles. The topological polar surface area (TPSA) is 35.5 Å². The van der Waals surface area contributed by atoms with Crippen LogP contribution in [0.1, 0.15) is 39.0 Å². The van der Waals surface area contributed by atoms with E-state index in [1.54, 1.807) is 6.08 Å². The van der Waals surface area contributed by atoms with E-state index in [9.17, 15) is 4.79 Å². The third-order valence-corrected chi connectivity index (χ3v) is 3.20. The van der Waals surface area contributed by atoms with Crippen molar-refractivity contribution in [3.63, 3.8) is 0 Å². The molecule has 0 spiro atoms. The first-order valence-electron chi connectivity index (χ1n) is 6.96. The van der Waals surface area contributed by atoms with Crippen LogP contribution in [-0.4, -0.2) is 19.4 Å². The molecule has 1 fully saturated rings. The van der Waals surface area contributed by atoms with Crippen LogP contribution in [0.25, 0.3) is 0 Å². The van der Waals surface area contributed by atoms with Gasteiger partial charge in [0.25, 0.3) is 0 Å². The molecule has 0 unspecified atom stereocenters. The lowest BCUT2D eigenvalue weighted by molar-refractivity contribution is -0.161. The van der Waals surface area contributed by atoms with Gasteiger partial charge in [-0.05, 0) is 25.3 Å². The number of ether oxygens (including phenoxy) is 2. The third kappa shape index (κ3) is 6.39. The summed E-state index contributed by atoms with van der Waals surface area (Å²) in [5.41, 5.74) is 1.01. The number of carbonyl (C=O) groups is 1. The summed E-state index contributed by atoms with van der Waals surface area (Å²) in [7, 11) is 0. The van der Waals surface area contributed by atoms with E-state index < -0.39 is 0 Å². The second-order valence-electron chi connectivity index (χ2n) is 4.74. The Morgan fingerprint density at radius 2 is 2.05 bits per heavy atom. The van der Waals surface area contributed by atoms with Crippen molar-refractivity contribution in [2.24, 2.45) is 5.92 Å². The zero-order valence-corrected chi connectivity index (χ0v) is 11.8. The zero-order chi connectivity index (χ0) is 13.9. The second kappa shape index (κ2) is 9.56. The lowest BCUT2D eigenvalue weighted by atomic mass is 9.89. The molecular weight excluding hydrogens is 240 g/mol. The molecule has 1 rings (SSSR count). The Hall–Kier alpha value is -1.35. The van der Waals surface area contributed by atoms with Gasteiger partial charge >= 0.3 is 5.97 Å². The van der Waals surface area contributed by atoms with Crippen LogP contribution in [0, 0.1) is 5.92 Å². The smallest absolute Gasteiger partial charge is 0.311 e. The molecule has 1 aliphatic carbocycles. The van der Waals surface area contributed by atoms with E-state index in [1.807, 2.05) is 25.2 Å². The molecule has 0 atom stereocenters. The molecule has 1 saturated carbocycles. The van der Waals surface area contributed by atoms with Gasteiger partial charge in [0.05, 0.1) is 12.5 Å². The molecule has 0 aliphatic heterocycles. The summed E-state index contributed by atoms with van der Waals surface area (Å²) in [5.74, 6) is -0.0314. The van der Waals surface area contributed by atoms with Crippen molar-refractivity contribution in [2.75, 3.05) is 13.4 Å².